The maximum Gasteiger partial charge on any atom is 0.133 e. The van der Waals surface area contributed by atoms with Crippen molar-refractivity contribution in [2.45, 2.75) is 37.1 Å². The Morgan fingerprint density at radius 1 is 0.903 bits per heavy atom. The number of hydrogen-bond acceptors (Lipinski definition) is 4. The van der Waals surface area contributed by atoms with E-state index in [4.69, 9.17) is 9.15 Å². The Morgan fingerprint density at radius 2 is 1.61 bits per heavy atom. The number of fused-ring (bicyclic) bond motifs is 1. The molecule has 5 rings (SSSR count). The van der Waals surface area contributed by atoms with E-state index in [2.05, 4.69) is 66.0 Å². The third-order valence-corrected chi connectivity index (χ3v) is 6.20. The molecule has 2 heterocycles. The Hall–Kier alpha value is -2.92. The van der Waals surface area contributed by atoms with Crippen molar-refractivity contribution in [1.29, 1.82) is 0 Å². The molecule has 4 nitrogen and oxygen atoms in total. The molecule has 1 aliphatic heterocycles. The number of furan rings is 1. The Morgan fingerprint density at radius 3 is 2.29 bits per heavy atom. The summed E-state index contributed by atoms with van der Waals surface area (Å²) < 4.78 is 11.8. The summed E-state index contributed by atoms with van der Waals surface area (Å²) in [6.07, 6.45) is 1.76. The number of rotatable bonds is 6. The zero-order valence-electron chi connectivity index (χ0n) is 17.4. The van der Waals surface area contributed by atoms with Crippen molar-refractivity contribution in [3.05, 3.63) is 108 Å². The third kappa shape index (κ3) is 4.42. The second kappa shape index (κ2) is 9.06. The molecule has 4 heteroatoms. The van der Waals surface area contributed by atoms with Crippen molar-refractivity contribution in [3.63, 3.8) is 0 Å². The summed E-state index contributed by atoms with van der Waals surface area (Å²) in [5, 5.41) is 15.5. The molecule has 0 saturated carbocycles. The van der Waals surface area contributed by atoms with Crippen LogP contribution in [-0.2, 0) is 11.3 Å². The van der Waals surface area contributed by atoms with Gasteiger partial charge in [-0.15, -0.1) is 0 Å². The molecular formula is C27H27NO3. The lowest BCUT2D eigenvalue weighted by molar-refractivity contribution is -0.0718. The number of ether oxygens (including phenoxy) is 1. The number of aliphatic hydroxyl groups excluding tert-OH is 1. The van der Waals surface area contributed by atoms with Crippen LogP contribution in [0.4, 0.5) is 0 Å². The zero-order valence-corrected chi connectivity index (χ0v) is 17.4. The SMILES string of the molecule is O[C@@H]1C[C@@H](C(c2ccccc2)c2ccccc2)OC[C@H]1NCc1ccc2occc2c1. The fourth-order valence-corrected chi connectivity index (χ4v) is 4.55. The highest BCUT2D eigenvalue weighted by Gasteiger charge is 2.35. The van der Waals surface area contributed by atoms with Crippen molar-refractivity contribution >= 4 is 11.0 Å². The molecule has 0 unspecified atom stereocenters. The summed E-state index contributed by atoms with van der Waals surface area (Å²) in [6.45, 7) is 1.16. The van der Waals surface area contributed by atoms with Gasteiger partial charge in [0, 0.05) is 24.3 Å². The van der Waals surface area contributed by atoms with Gasteiger partial charge in [0.2, 0.25) is 0 Å². The molecule has 31 heavy (non-hydrogen) atoms. The average molecular weight is 414 g/mol. The van der Waals surface area contributed by atoms with Gasteiger partial charge in [-0.25, -0.2) is 0 Å². The van der Waals surface area contributed by atoms with Crippen molar-refractivity contribution in [2.24, 2.45) is 0 Å². The van der Waals surface area contributed by atoms with E-state index in [0.717, 1.165) is 16.5 Å². The van der Waals surface area contributed by atoms with Gasteiger partial charge in [-0.1, -0.05) is 66.7 Å². The van der Waals surface area contributed by atoms with Crippen LogP contribution in [0.5, 0.6) is 0 Å². The fourth-order valence-electron chi connectivity index (χ4n) is 4.55. The second-order valence-corrected chi connectivity index (χ2v) is 8.25. The Kier molecular flexibility index (Phi) is 5.85. The lowest BCUT2D eigenvalue weighted by Crippen LogP contribution is -2.50. The topological polar surface area (TPSA) is 54.6 Å². The van der Waals surface area contributed by atoms with E-state index in [-0.39, 0.29) is 18.1 Å². The lowest BCUT2D eigenvalue weighted by atomic mass is 9.82. The van der Waals surface area contributed by atoms with Gasteiger partial charge < -0.3 is 19.6 Å². The second-order valence-electron chi connectivity index (χ2n) is 8.25. The van der Waals surface area contributed by atoms with E-state index in [1.54, 1.807) is 6.26 Å². The van der Waals surface area contributed by atoms with Gasteiger partial charge in [-0.2, -0.15) is 0 Å². The summed E-state index contributed by atoms with van der Waals surface area (Å²) in [6, 6.07) is 28.9. The zero-order chi connectivity index (χ0) is 21.0. The van der Waals surface area contributed by atoms with Crippen molar-refractivity contribution in [3.8, 4) is 0 Å². The molecule has 0 amide bonds. The maximum atomic E-state index is 10.9. The third-order valence-electron chi connectivity index (χ3n) is 6.20. The van der Waals surface area contributed by atoms with Crippen LogP contribution >= 0.6 is 0 Å². The number of nitrogens with one attached hydrogen (secondary N) is 1. The first-order chi connectivity index (χ1) is 15.3. The first kappa shape index (κ1) is 20.0. The predicted molar refractivity (Wildman–Crippen MR) is 122 cm³/mol. The van der Waals surface area contributed by atoms with E-state index in [9.17, 15) is 5.11 Å². The number of aliphatic hydroxyl groups is 1. The van der Waals surface area contributed by atoms with Crippen LogP contribution in [-0.4, -0.2) is 30.0 Å². The van der Waals surface area contributed by atoms with Crippen molar-refractivity contribution in [2.75, 3.05) is 6.61 Å². The summed E-state index contributed by atoms with van der Waals surface area (Å²) in [7, 11) is 0. The van der Waals surface area contributed by atoms with E-state index in [1.165, 1.54) is 11.1 Å². The minimum Gasteiger partial charge on any atom is -0.464 e. The van der Waals surface area contributed by atoms with Gasteiger partial charge in [0.15, 0.2) is 0 Å². The Balaban J connectivity index is 1.27. The molecule has 1 aliphatic rings. The normalized spacial score (nSPS) is 21.5. The summed E-state index contributed by atoms with van der Waals surface area (Å²) in [4.78, 5) is 0. The quantitative estimate of drug-likeness (QED) is 0.473. The van der Waals surface area contributed by atoms with E-state index in [1.807, 2.05) is 24.3 Å². The molecule has 1 fully saturated rings. The van der Waals surface area contributed by atoms with Crippen LogP contribution in [0, 0.1) is 0 Å². The van der Waals surface area contributed by atoms with E-state index < -0.39 is 6.10 Å². The number of benzene rings is 3. The number of hydrogen-bond donors (Lipinski definition) is 2. The van der Waals surface area contributed by atoms with Gasteiger partial charge in [-0.05, 0) is 34.9 Å². The van der Waals surface area contributed by atoms with Gasteiger partial charge in [0.1, 0.15) is 5.58 Å². The van der Waals surface area contributed by atoms with Gasteiger partial charge in [0.05, 0.1) is 31.1 Å². The van der Waals surface area contributed by atoms with Crippen LogP contribution < -0.4 is 5.32 Å². The average Bonchev–Trinajstić information content (AvgIpc) is 3.28. The summed E-state index contributed by atoms with van der Waals surface area (Å²) >= 11 is 0. The van der Waals surface area contributed by atoms with Crippen molar-refractivity contribution < 1.29 is 14.3 Å². The van der Waals surface area contributed by atoms with Crippen LogP contribution in [0.25, 0.3) is 11.0 Å². The van der Waals surface area contributed by atoms with Crippen LogP contribution in [0.15, 0.2) is 95.6 Å². The molecule has 1 aromatic heterocycles. The smallest absolute Gasteiger partial charge is 0.133 e. The van der Waals surface area contributed by atoms with Crippen LogP contribution in [0.2, 0.25) is 0 Å². The van der Waals surface area contributed by atoms with E-state index >= 15 is 0 Å². The highest BCUT2D eigenvalue weighted by molar-refractivity contribution is 5.77. The molecule has 4 aromatic rings. The molecule has 2 N–H and O–H groups in total. The highest BCUT2D eigenvalue weighted by Crippen LogP contribution is 2.34. The highest BCUT2D eigenvalue weighted by atomic mass is 16.5. The van der Waals surface area contributed by atoms with Crippen LogP contribution in [0.3, 0.4) is 0 Å². The largest absolute Gasteiger partial charge is 0.464 e. The molecule has 158 valence electrons. The Labute approximate surface area is 182 Å². The standard InChI is InChI=1S/C27H27NO3/c29-24-16-26(27(20-7-3-1-4-8-20)21-9-5-2-6-10-21)31-18-23(24)28-17-19-11-12-25-22(15-19)13-14-30-25/h1-15,23-24,26-29H,16-18H2/t23-,24-,26+/m1/s1. The first-order valence-corrected chi connectivity index (χ1v) is 10.9. The molecule has 0 bridgehead atoms. The molecule has 3 aromatic carbocycles. The minimum absolute atomic E-state index is 0.0693. The van der Waals surface area contributed by atoms with Gasteiger partial charge >= 0.3 is 0 Å². The first-order valence-electron chi connectivity index (χ1n) is 10.9. The maximum absolute atomic E-state index is 10.9. The molecule has 3 atom stereocenters. The molecule has 0 spiro atoms. The summed E-state index contributed by atoms with van der Waals surface area (Å²) in [5.74, 6) is 0.0986. The molecule has 0 aliphatic carbocycles. The Bertz CT molecular complexity index is 1070. The van der Waals surface area contributed by atoms with Crippen molar-refractivity contribution in [1.82, 2.24) is 5.32 Å². The lowest BCUT2D eigenvalue weighted by Gasteiger charge is -2.38. The van der Waals surface area contributed by atoms with Gasteiger partial charge in [-0.3, -0.25) is 0 Å². The monoisotopic (exact) mass is 413 g/mol. The van der Waals surface area contributed by atoms with Gasteiger partial charge in [0.25, 0.3) is 0 Å². The fraction of sp³-hybridized carbons (Fsp3) is 0.259. The minimum atomic E-state index is -0.466. The molecule has 1 saturated heterocycles. The van der Waals surface area contributed by atoms with E-state index in [0.29, 0.717) is 19.6 Å². The predicted octanol–water partition coefficient (Wildman–Crippen LogP) is 4.87. The molecule has 0 radical (unpaired) electrons. The molecular weight excluding hydrogens is 386 g/mol. The summed E-state index contributed by atoms with van der Waals surface area (Å²) in [5.41, 5.74) is 4.48. The van der Waals surface area contributed by atoms with Crippen LogP contribution in [0.1, 0.15) is 29.0 Å².